The molecule has 8 rings (SSSR count). The van der Waals surface area contributed by atoms with Gasteiger partial charge in [-0.25, -0.2) is 4.42 Å². The van der Waals surface area contributed by atoms with Crippen molar-refractivity contribution in [2.75, 3.05) is 40.3 Å². The van der Waals surface area contributed by atoms with Crippen LogP contribution in [0.25, 0.3) is 0 Å². The molecule has 4 fully saturated rings. The normalized spacial score (nSPS) is 21.7. The molecule has 4 aliphatic rings. The molecule has 0 saturated carbocycles. The summed E-state index contributed by atoms with van der Waals surface area (Å²) in [6.45, 7) is 4.01. The number of carbonyl (C=O) groups excluding carboxylic acids is 8. The first-order valence-electron chi connectivity index (χ1n) is 29.8. The average molecular weight is 1160 g/mol. The number of halogens is 1. The van der Waals surface area contributed by atoms with Crippen molar-refractivity contribution < 1.29 is 38.4 Å². The highest BCUT2D eigenvalue weighted by atomic mass is 35.5. The molecular formula is C64H83ClN10O8. The monoisotopic (exact) mass is 1150 g/mol. The van der Waals surface area contributed by atoms with Gasteiger partial charge in [0, 0.05) is 58.2 Å². The molecule has 19 heteroatoms. The van der Waals surface area contributed by atoms with E-state index in [4.69, 9.17) is 11.8 Å². The highest BCUT2D eigenvalue weighted by Crippen LogP contribution is 2.34. The molecule has 0 unspecified atom stereocenters. The van der Waals surface area contributed by atoms with Gasteiger partial charge in [0.05, 0.1) is 18.1 Å². The molecule has 4 heterocycles. The van der Waals surface area contributed by atoms with Crippen LogP contribution in [0, 0.1) is 0 Å². The Morgan fingerprint density at radius 2 is 0.867 bits per heavy atom. The number of nitrogens with zero attached hydrogens (tertiary/aromatic N) is 5. The minimum absolute atomic E-state index is 0.00832. The van der Waals surface area contributed by atoms with E-state index in [1.54, 1.807) is 47.5 Å². The minimum atomic E-state index is -1.10. The Balaban J connectivity index is 0.823. The lowest BCUT2D eigenvalue weighted by molar-refractivity contribution is -0.147. The Labute approximate surface area is 493 Å². The molecule has 0 radical (unpaired) electrons. The molecule has 0 bridgehead atoms. The average Bonchev–Trinajstić information content (AvgIpc) is 4.33. The van der Waals surface area contributed by atoms with Crippen LogP contribution >= 0.6 is 11.8 Å². The highest BCUT2D eigenvalue weighted by Gasteiger charge is 2.48. The lowest BCUT2D eigenvalue weighted by Gasteiger charge is -2.39. The smallest absolute Gasteiger partial charge is 0.247 e. The summed E-state index contributed by atoms with van der Waals surface area (Å²) >= 11 is 6.19. The van der Waals surface area contributed by atoms with Crippen LogP contribution in [0.1, 0.15) is 138 Å². The van der Waals surface area contributed by atoms with Gasteiger partial charge in [0.25, 0.3) is 0 Å². The summed E-state index contributed by atoms with van der Waals surface area (Å²) in [4.78, 5) is 119. The fraction of sp³-hybridized carbons (Fsp3) is 0.500. The Kier molecular flexibility index (Phi) is 22.3. The van der Waals surface area contributed by atoms with Gasteiger partial charge in [-0.3, -0.25) is 38.4 Å². The molecular weight excluding hydrogens is 1070 g/mol. The van der Waals surface area contributed by atoms with Gasteiger partial charge in [0.15, 0.2) is 0 Å². The number of rotatable bonds is 23. The van der Waals surface area contributed by atoms with Gasteiger partial charge < -0.3 is 46.2 Å². The predicted molar refractivity (Wildman–Crippen MR) is 318 cm³/mol. The van der Waals surface area contributed by atoms with Gasteiger partial charge in [0.2, 0.25) is 47.3 Å². The molecule has 8 amide bonds. The summed E-state index contributed by atoms with van der Waals surface area (Å²) in [5.74, 6) is -2.39. The van der Waals surface area contributed by atoms with Crippen molar-refractivity contribution >= 4 is 59.0 Å². The topological polar surface area (TPSA) is 213 Å². The summed E-state index contributed by atoms with van der Waals surface area (Å²) < 4.78 is 1.23. The summed E-state index contributed by atoms with van der Waals surface area (Å²) in [7, 11) is 3.21. The van der Waals surface area contributed by atoms with E-state index in [1.807, 2.05) is 121 Å². The van der Waals surface area contributed by atoms with Gasteiger partial charge in [-0.15, -0.1) is 0 Å². The highest BCUT2D eigenvalue weighted by molar-refractivity contribution is 6.14. The summed E-state index contributed by atoms with van der Waals surface area (Å²) in [5.41, 5.74) is 3.64. The van der Waals surface area contributed by atoms with E-state index in [0.717, 1.165) is 47.9 Å². The van der Waals surface area contributed by atoms with Crippen LogP contribution in [-0.2, 0) is 38.4 Å². The minimum Gasteiger partial charge on any atom is -0.343 e. The van der Waals surface area contributed by atoms with Crippen molar-refractivity contribution in [2.24, 2.45) is 0 Å². The second-order valence-corrected chi connectivity index (χ2v) is 23.3. The molecule has 4 aromatic carbocycles. The molecule has 0 aliphatic carbocycles. The van der Waals surface area contributed by atoms with Crippen LogP contribution < -0.4 is 26.6 Å². The second kappa shape index (κ2) is 29.9. The van der Waals surface area contributed by atoms with Gasteiger partial charge in [0.1, 0.15) is 30.2 Å². The third kappa shape index (κ3) is 15.9. The number of amides is 8. The summed E-state index contributed by atoms with van der Waals surface area (Å²) in [6.07, 6.45) is 8.09. The zero-order valence-corrected chi connectivity index (χ0v) is 49.2. The van der Waals surface area contributed by atoms with Crippen molar-refractivity contribution in [1.29, 1.82) is 0 Å². The molecule has 0 aromatic heterocycles. The van der Waals surface area contributed by atoms with Crippen LogP contribution in [0.5, 0.6) is 0 Å². The second-order valence-electron chi connectivity index (χ2n) is 22.7. The van der Waals surface area contributed by atoms with E-state index in [-0.39, 0.29) is 73.5 Å². The maximum atomic E-state index is 14.7. The molecule has 18 nitrogen and oxygen atoms in total. The molecule has 5 N–H and O–H groups in total. The van der Waals surface area contributed by atoms with Crippen molar-refractivity contribution in [2.45, 2.75) is 164 Å². The third-order valence-electron chi connectivity index (χ3n) is 17.2. The van der Waals surface area contributed by atoms with Gasteiger partial charge in [-0.05, 0) is 106 Å². The van der Waals surface area contributed by atoms with Gasteiger partial charge >= 0.3 is 0 Å². The molecule has 83 heavy (non-hydrogen) atoms. The van der Waals surface area contributed by atoms with E-state index < -0.39 is 60.1 Å². The number of fused-ring (bicyclic) bond motifs is 2. The molecule has 4 aliphatic heterocycles. The molecule has 4 aromatic rings. The standard InChI is InChI=1S/C64H83ClN10O8/c1-43(66-3)59(78)67-51-41-72(39-37-49-33-35-53(74(49)63(51)82)61(80)69-57(45-23-13-9-14-24-45)46-25-15-10-16-26-46)55(76)31-21-7-5-6-8-22-32-56(77)73-40-38-50-34-36-54(75(50)64(83)52(42-73)68-60(79)44(2)71(4)65)62(81)70-58(47-27-17-11-18-28-47)48-29-19-12-20-30-48/h9-20,23-30,43-44,49-54,57-58,66H,5-8,21-22,31-42H2,1-4H3,(H,67,78)(H,68,79)(H,69,80)(H,70,81)/t43-,44-,49+,50+,51-,52-,53-,54-/m0/s1. The molecule has 0 spiro atoms. The SMILES string of the molecule is CN[C@@H](C)C(=O)N[C@H]1CN(C(=O)CCCCCCCCC(=O)N2CC[C@H]3CC[C@@H](C(=O)NC(c4ccccc4)c4ccccc4)N3C(=O)[C@@H](NC(=O)[C@H](C)N(C)Cl)C2)CC[C@H]2CC[C@@H](C(=O)NC(c3ccccc3)c3ccccc3)N2C1=O. The zero-order chi connectivity index (χ0) is 59.0. The number of unbranched alkanes of at least 4 members (excludes halogenated alkanes) is 5. The number of carbonyl (C=O) groups is 8. The molecule has 444 valence electrons. The maximum absolute atomic E-state index is 14.7. The molecule has 8 atom stereocenters. The Morgan fingerprint density at radius 1 is 0.518 bits per heavy atom. The van der Waals surface area contributed by atoms with Crippen LogP contribution in [0.2, 0.25) is 0 Å². The molecule has 4 saturated heterocycles. The van der Waals surface area contributed by atoms with Crippen molar-refractivity contribution in [3.63, 3.8) is 0 Å². The maximum Gasteiger partial charge on any atom is 0.247 e. The number of nitrogens with one attached hydrogen (secondary N) is 5. The van der Waals surface area contributed by atoms with E-state index in [9.17, 15) is 38.4 Å². The summed E-state index contributed by atoms with van der Waals surface area (Å²) in [5, 5.41) is 15.2. The van der Waals surface area contributed by atoms with Gasteiger partial charge in [-0.2, -0.15) is 0 Å². The quantitative estimate of drug-likeness (QED) is 0.0422. The van der Waals surface area contributed by atoms with Crippen LogP contribution in [-0.4, -0.2) is 160 Å². The van der Waals surface area contributed by atoms with E-state index in [1.165, 1.54) is 4.42 Å². The number of hydrogen-bond donors (Lipinski definition) is 5. The van der Waals surface area contributed by atoms with Gasteiger partial charge in [-0.1, -0.05) is 147 Å². The fourth-order valence-corrected chi connectivity index (χ4v) is 12.3. The number of likely N-dealkylation sites (N-methyl/N-ethyl adjacent to an activating group) is 2. The Morgan fingerprint density at radius 3 is 1.22 bits per heavy atom. The van der Waals surface area contributed by atoms with Crippen LogP contribution in [0.4, 0.5) is 0 Å². The first kappa shape index (κ1) is 61.9. The van der Waals surface area contributed by atoms with Crippen molar-refractivity contribution in [3.8, 4) is 0 Å². The van der Waals surface area contributed by atoms with E-state index >= 15 is 0 Å². The predicted octanol–water partition coefficient (Wildman–Crippen LogP) is 6.15. The lowest BCUT2D eigenvalue weighted by atomic mass is 9.98. The Hall–Kier alpha value is -7.15. The Bertz CT molecular complexity index is 2760. The zero-order valence-electron chi connectivity index (χ0n) is 48.4. The number of benzene rings is 4. The van der Waals surface area contributed by atoms with Crippen LogP contribution in [0.15, 0.2) is 121 Å². The van der Waals surface area contributed by atoms with Crippen molar-refractivity contribution in [3.05, 3.63) is 144 Å². The fourth-order valence-electron chi connectivity index (χ4n) is 12.2. The third-order valence-corrected chi connectivity index (χ3v) is 17.5. The first-order chi connectivity index (χ1) is 40.1. The van der Waals surface area contributed by atoms with Crippen LogP contribution in [0.3, 0.4) is 0 Å². The van der Waals surface area contributed by atoms with Crippen molar-refractivity contribution in [1.82, 2.24) is 50.6 Å². The lowest BCUT2D eigenvalue weighted by Crippen LogP contribution is -2.62. The van der Waals surface area contributed by atoms with E-state index in [0.29, 0.717) is 64.5 Å². The number of hydrogen-bond acceptors (Lipinski definition) is 10. The first-order valence-corrected chi connectivity index (χ1v) is 30.1. The van der Waals surface area contributed by atoms with E-state index in [2.05, 4.69) is 26.6 Å². The largest absolute Gasteiger partial charge is 0.343 e. The summed E-state index contributed by atoms with van der Waals surface area (Å²) in [6, 6.07) is 32.3.